The molecule has 32 heavy (non-hydrogen) atoms. The van der Waals surface area contributed by atoms with E-state index in [1.807, 2.05) is 24.3 Å². The van der Waals surface area contributed by atoms with Crippen molar-refractivity contribution < 1.29 is 14.3 Å². The van der Waals surface area contributed by atoms with Crippen molar-refractivity contribution in [3.63, 3.8) is 0 Å². The third-order valence-electron chi connectivity index (χ3n) is 7.47. The largest absolute Gasteiger partial charge is 0.493 e. The molecule has 172 valence electrons. The molecule has 2 aliphatic rings. The number of ether oxygens (including phenoxy) is 2. The summed E-state index contributed by atoms with van der Waals surface area (Å²) in [5.41, 5.74) is 3.43. The van der Waals surface area contributed by atoms with Gasteiger partial charge in [-0.1, -0.05) is 31.2 Å². The SMILES string of the molecule is CCc1ccccc1NC(=O)N[C@H]1CC[C@@]2(c3ccc(OC)c(OC)c3)CCN(C)[C@@H]2C1. The topological polar surface area (TPSA) is 62.8 Å². The van der Waals surface area contributed by atoms with E-state index >= 15 is 0 Å². The van der Waals surface area contributed by atoms with Crippen LogP contribution in [0.2, 0.25) is 0 Å². The Hall–Kier alpha value is -2.73. The number of para-hydroxylation sites is 1. The fourth-order valence-electron chi connectivity index (χ4n) is 5.69. The number of likely N-dealkylation sites (tertiary alicyclic amines) is 1. The molecular weight excluding hydrogens is 402 g/mol. The standard InChI is InChI=1S/C26H35N3O3/c1-5-18-8-6-7-9-21(18)28-25(30)27-20-12-13-26(14-15-29(2)24(26)17-20)19-10-11-22(31-3)23(16-19)32-4/h6-11,16,20,24H,5,12-15,17H2,1-4H3,(H2,27,28,30)/t20-,24+,26-/m0/s1. The van der Waals surface area contributed by atoms with Crippen LogP contribution in [-0.4, -0.2) is 50.8 Å². The summed E-state index contributed by atoms with van der Waals surface area (Å²) in [6.45, 7) is 3.16. The smallest absolute Gasteiger partial charge is 0.319 e. The van der Waals surface area contributed by atoms with Crippen molar-refractivity contribution in [3.05, 3.63) is 53.6 Å². The number of rotatable bonds is 6. The number of urea groups is 1. The molecule has 2 aromatic rings. The maximum Gasteiger partial charge on any atom is 0.319 e. The van der Waals surface area contributed by atoms with Crippen molar-refractivity contribution in [1.29, 1.82) is 0 Å². The number of fused-ring (bicyclic) bond motifs is 1. The number of hydrogen-bond donors (Lipinski definition) is 2. The highest BCUT2D eigenvalue weighted by molar-refractivity contribution is 5.90. The van der Waals surface area contributed by atoms with Crippen LogP contribution >= 0.6 is 0 Å². The van der Waals surface area contributed by atoms with Crippen LogP contribution in [0.3, 0.4) is 0 Å². The first-order valence-corrected chi connectivity index (χ1v) is 11.6. The molecule has 1 aliphatic heterocycles. The van der Waals surface area contributed by atoms with Gasteiger partial charge in [0.05, 0.1) is 14.2 Å². The predicted molar refractivity (Wildman–Crippen MR) is 128 cm³/mol. The Balaban J connectivity index is 1.48. The molecule has 6 nitrogen and oxygen atoms in total. The molecule has 2 amide bonds. The summed E-state index contributed by atoms with van der Waals surface area (Å²) in [6.07, 6.45) is 4.94. The summed E-state index contributed by atoms with van der Waals surface area (Å²) in [5, 5.41) is 6.29. The lowest BCUT2D eigenvalue weighted by Crippen LogP contribution is -2.52. The monoisotopic (exact) mass is 437 g/mol. The fourth-order valence-corrected chi connectivity index (χ4v) is 5.69. The molecule has 3 atom stereocenters. The first kappa shape index (κ1) is 22.5. The Bertz CT molecular complexity index is 963. The van der Waals surface area contributed by atoms with E-state index in [1.165, 1.54) is 5.56 Å². The van der Waals surface area contributed by atoms with Crippen LogP contribution < -0.4 is 20.1 Å². The highest BCUT2D eigenvalue weighted by Crippen LogP contribution is 2.49. The van der Waals surface area contributed by atoms with Crippen LogP contribution in [0.25, 0.3) is 0 Å². The van der Waals surface area contributed by atoms with E-state index in [1.54, 1.807) is 14.2 Å². The van der Waals surface area contributed by atoms with E-state index in [-0.39, 0.29) is 17.5 Å². The van der Waals surface area contributed by atoms with Crippen molar-refractivity contribution in [3.8, 4) is 11.5 Å². The lowest BCUT2D eigenvalue weighted by molar-refractivity contribution is 0.156. The number of carbonyl (C=O) groups excluding carboxylic acids is 1. The van der Waals surface area contributed by atoms with Gasteiger partial charge in [-0.3, -0.25) is 0 Å². The van der Waals surface area contributed by atoms with Crippen LogP contribution in [0.15, 0.2) is 42.5 Å². The molecule has 0 aromatic heterocycles. The molecule has 0 radical (unpaired) electrons. The molecule has 2 N–H and O–H groups in total. The van der Waals surface area contributed by atoms with Crippen molar-refractivity contribution in [2.45, 2.75) is 56.5 Å². The predicted octanol–water partition coefficient (Wildman–Crippen LogP) is 4.58. The minimum atomic E-state index is -0.116. The minimum absolute atomic E-state index is 0.0811. The first-order chi connectivity index (χ1) is 15.5. The van der Waals surface area contributed by atoms with Gasteiger partial charge in [0.2, 0.25) is 0 Å². The Morgan fingerprint density at radius 1 is 1.12 bits per heavy atom. The zero-order valence-electron chi connectivity index (χ0n) is 19.6. The number of nitrogens with one attached hydrogen (secondary N) is 2. The average molecular weight is 438 g/mol. The lowest BCUT2D eigenvalue weighted by atomic mass is 9.65. The van der Waals surface area contributed by atoms with Gasteiger partial charge in [-0.2, -0.15) is 0 Å². The normalized spacial score (nSPS) is 25.1. The van der Waals surface area contributed by atoms with Crippen molar-refractivity contribution in [2.24, 2.45) is 0 Å². The van der Waals surface area contributed by atoms with Gasteiger partial charge in [-0.05, 0) is 75.0 Å². The number of aryl methyl sites for hydroxylation is 1. The molecule has 4 rings (SSSR count). The molecule has 0 unspecified atom stereocenters. The summed E-state index contributed by atoms with van der Waals surface area (Å²) in [5.74, 6) is 1.54. The summed E-state index contributed by atoms with van der Waals surface area (Å²) >= 11 is 0. The van der Waals surface area contributed by atoms with Crippen LogP contribution in [0, 0.1) is 0 Å². The van der Waals surface area contributed by atoms with E-state index in [4.69, 9.17) is 9.47 Å². The van der Waals surface area contributed by atoms with E-state index in [9.17, 15) is 4.79 Å². The van der Waals surface area contributed by atoms with Crippen LogP contribution in [0.4, 0.5) is 10.5 Å². The Morgan fingerprint density at radius 3 is 2.66 bits per heavy atom. The fraction of sp³-hybridized carbons (Fsp3) is 0.500. The Kier molecular flexibility index (Phi) is 6.60. The number of methoxy groups -OCH3 is 2. The van der Waals surface area contributed by atoms with Crippen LogP contribution in [0.5, 0.6) is 11.5 Å². The summed E-state index contributed by atoms with van der Waals surface area (Å²) in [7, 11) is 5.56. The molecule has 1 heterocycles. The van der Waals surface area contributed by atoms with E-state index in [0.717, 1.165) is 61.4 Å². The summed E-state index contributed by atoms with van der Waals surface area (Å²) in [4.78, 5) is 15.2. The van der Waals surface area contributed by atoms with E-state index in [0.29, 0.717) is 6.04 Å². The molecule has 2 fully saturated rings. The van der Waals surface area contributed by atoms with Crippen molar-refractivity contribution in [2.75, 3.05) is 33.1 Å². The number of carbonyl (C=O) groups is 1. The number of likely N-dealkylation sites (N-methyl/N-ethyl adjacent to an activating group) is 1. The van der Waals surface area contributed by atoms with E-state index in [2.05, 4.69) is 47.7 Å². The zero-order chi connectivity index (χ0) is 22.7. The second-order valence-corrected chi connectivity index (χ2v) is 9.05. The second kappa shape index (κ2) is 9.41. The summed E-state index contributed by atoms with van der Waals surface area (Å²) in [6, 6.07) is 14.8. The number of benzene rings is 2. The number of hydrogen-bond acceptors (Lipinski definition) is 4. The summed E-state index contributed by atoms with van der Waals surface area (Å²) < 4.78 is 11.0. The van der Waals surface area contributed by atoms with Gasteiger partial charge in [0.15, 0.2) is 11.5 Å². The third-order valence-corrected chi connectivity index (χ3v) is 7.47. The van der Waals surface area contributed by atoms with Gasteiger partial charge >= 0.3 is 6.03 Å². The van der Waals surface area contributed by atoms with Gasteiger partial charge in [0, 0.05) is 23.2 Å². The van der Waals surface area contributed by atoms with Gasteiger partial charge in [-0.15, -0.1) is 0 Å². The van der Waals surface area contributed by atoms with Gasteiger partial charge in [0.1, 0.15) is 0 Å². The molecule has 6 heteroatoms. The molecule has 1 aliphatic carbocycles. The van der Waals surface area contributed by atoms with Crippen molar-refractivity contribution >= 4 is 11.7 Å². The van der Waals surface area contributed by atoms with Crippen molar-refractivity contribution in [1.82, 2.24) is 10.2 Å². The molecule has 0 spiro atoms. The molecule has 2 aromatic carbocycles. The minimum Gasteiger partial charge on any atom is -0.493 e. The van der Waals surface area contributed by atoms with Gasteiger partial charge < -0.3 is 25.0 Å². The number of anilines is 1. The highest BCUT2D eigenvalue weighted by Gasteiger charge is 2.50. The maximum atomic E-state index is 12.8. The number of amides is 2. The molecule has 1 saturated carbocycles. The van der Waals surface area contributed by atoms with Gasteiger partial charge in [-0.25, -0.2) is 4.79 Å². The average Bonchev–Trinajstić information content (AvgIpc) is 3.16. The molecule has 1 saturated heterocycles. The molecular formula is C26H35N3O3. The lowest BCUT2D eigenvalue weighted by Gasteiger charge is -2.45. The zero-order valence-corrected chi connectivity index (χ0v) is 19.6. The van der Waals surface area contributed by atoms with Crippen LogP contribution in [0.1, 0.15) is 43.7 Å². The quantitative estimate of drug-likeness (QED) is 0.694. The Labute approximate surface area is 191 Å². The highest BCUT2D eigenvalue weighted by atomic mass is 16.5. The second-order valence-electron chi connectivity index (χ2n) is 9.05. The maximum absolute atomic E-state index is 12.8. The Morgan fingerprint density at radius 2 is 1.91 bits per heavy atom. The van der Waals surface area contributed by atoms with Crippen LogP contribution in [-0.2, 0) is 11.8 Å². The number of nitrogens with zero attached hydrogens (tertiary/aromatic N) is 1. The van der Waals surface area contributed by atoms with E-state index < -0.39 is 0 Å². The first-order valence-electron chi connectivity index (χ1n) is 11.6. The third kappa shape index (κ3) is 4.16. The van der Waals surface area contributed by atoms with Gasteiger partial charge in [0.25, 0.3) is 0 Å². The molecule has 0 bridgehead atoms.